The molecular weight excluding hydrogens is 190 g/mol. The molecule has 0 aliphatic carbocycles. The lowest BCUT2D eigenvalue weighted by molar-refractivity contribution is -0.126. The van der Waals surface area contributed by atoms with Gasteiger partial charge in [-0.05, 0) is 18.5 Å². The van der Waals surface area contributed by atoms with Gasteiger partial charge in [0.15, 0.2) is 0 Å². The second-order valence-corrected chi connectivity index (χ2v) is 4.61. The summed E-state index contributed by atoms with van der Waals surface area (Å²) in [4.78, 5) is 12.1. The highest BCUT2D eigenvalue weighted by Gasteiger charge is 2.35. The van der Waals surface area contributed by atoms with Crippen molar-refractivity contribution in [3.05, 3.63) is 18.0 Å². The molecular formula is C11H17N3O. The highest BCUT2D eigenvalue weighted by atomic mass is 16.1. The minimum atomic E-state index is -0.171. The number of carbonyl (C=O) groups is 1. The summed E-state index contributed by atoms with van der Waals surface area (Å²) in [5.41, 5.74) is 0.839. The maximum absolute atomic E-state index is 12.1. The van der Waals surface area contributed by atoms with Crippen LogP contribution in [0, 0.1) is 5.41 Å². The number of ketones is 1. The third-order valence-corrected chi connectivity index (χ3v) is 3.16. The van der Waals surface area contributed by atoms with Crippen LogP contribution in [0.15, 0.2) is 12.4 Å². The van der Waals surface area contributed by atoms with Gasteiger partial charge in [0.1, 0.15) is 5.78 Å². The smallest absolute Gasteiger partial charge is 0.144 e. The molecule has 1 aromatic heterocycles. The number of aryl methyl sites for hydroxylation is 1. The topological polar surface area (TPSA) is 46.9 Å². The van der Waals surface area contributed by atoms with Crippen LogP contribution in [-0.4, -0.2) is 28.7 Å². The molecule has 1 saturated heterocycles. The second kappa shape index (κ2) is 3.77. The summed E-state index contributed by atoms with van der Waals surface area (Å²) in [6, 6.07) is 0. The van der Waals surface area contributed by atoms with Gasteiger partial charge in [-0.1, -0.05) is 6.92 Å². The summed E-state index contributed by atoms with van der Waals surface area (Å²) in [5.74, 6) is 0.320. The van der Waals surface area contributed by atoms with E-state index in [1.165, 1.54) is 0 Å². The minimum absolute atomic E-state index is 0.171. The van der Waals surface area contributed by atoms with E-state index in [0.29, 0.717) is 12.2 Å². The third-order valence-electron chi connectivity index (χ3n) is 3.16. The van der Waals surface area contributed by atoms with Crippen LogP contribution in [0.25, 0.3) is 0 Å². The van der Waals surface area contributed by atoms with Crippen LogP contribution in [0.5, 0.6) is 0 Å². The minimum Gasteiger partial charge on any atom is -0.316 e. The number of nitrogens with one attached hydrogen (secondary N) is 1. The number of rotatable bonds is 3. The molecule has 4 nitrogen and oxygen atoms in total. The third kappa shape index (κ3) is 2.09. The first kappa shape index (κ1) is 10.4. The highest BCUT2D eigenvalue weighted by Crippen LogP contribution is 2.27. The van der Waals surface area contributed by atoms with Crippen LogP contribution in [-0.2, 0) is 18.3 Å². The fourth-order valence-electron chi connectivity index (χ4n) is 2.02. The van der Waals surface area contributed by atoms with Gasteiger partial charge in [0.25, 0.3) is 0 Å². The van der Waals surface area contributed by atoms with Gasteiger partial charge in [0.05, 0.1) is 6.20 Å². The molecule has 0 saturated carbocycles. The zero-order chi connectivity index (χ0) is 10.9. The quantitative estimate of drug-likeness (QED) is 0.786. The van der Waals surface area contributed by atoms with E-state index >= 15 is 0 Å². The standard InChI is InChI=1S/C11H17N3O/c1-11(3-4-12-8-11)10(15)5-9-6-13-14(2)7-9/h6-7,12H,3-5,8H2,1-2H3. The summed E-state index contributed by atoms with van der Waals surface area (Å²) < 4.78 is 1.73. The maximum atomic E-state index is 12.1. The van der Waals surface area contributed by atoms with Gasteiger partial charge in [0.2, 0.25) is 0 Å². The van der Waals surface area contributed by atoms with E-state index in [1.807, 2.05) is 20.2 Å². The SMILES string of the molecule is Cn1cc(CC(=O)C2(C)CCNC2)cn1. The molecule has 82 valence electrons. The first-order chi connectivity index (χ1) is 7.10. The van der Waals surface area contributed by atoms with Crippen LogP contribution in [0.2, 0.25) is 0 Å². The van der Waals surface area contributed by atoms with Crippen LogP contribution < -0.4 is 5.32 Å². The van der Waals surface area contributed by atoms with E-state index in [1.54, 1.807) is 10.9 Å². The molecule has 1 fully saturated rings. The van der Waals surface area contributed by atoms with E-state index in [-0.39, 0.29) is 5.41 Å². The van der Waals surface area contributed by atoms with Gasteiger partial charge in [-0.2, -0.15) is 5.10 Å². The fourth-order valence-corrected chi connectivity index (χ4v) is 2.02. The van der Waals surface area contributed by atoms with E-state index in [0.717, 1.165) is 25.1 Å². The number of carbonyl (C=O) groups excluding carboxylic acids is 1. The molecule has 1 aromatic rings. The Morgan fingerprint density at radius 1 is 1.73 bits per heavy atom. The first-order valence-corrected chi connectivity index (χ1v) is 5.32. The van der Waals surface area contributed by atoms with Crippen molar-refractivity contribution in [3.63, 3.8) is 0 Å². The zero-order valence-electron chi connectivity index (χ0n) is 9.29. The number of hydrogen-bond donors (Lipinski definition) is 1. The summed E-state index contributed by atoms with van der Waals surface area (Å²) in [6.45, 7) is 3.81. The molecule has 1 aliphatic rings. The Morgan fingerprint density at radius 3 is 3.07 bits per heavy atom. The van der Waals surface area contributed by atoms with E-state index in [4.69, 9.17) is 0 Å². The lowest BCUT2D eigenvalue weighted by Crippen LogP contribution is -2.31. The molecule has 15 heavy (non-hydrogen) atoms. The van der Waals surface area contributed by atoms with Gasteiger partial charge < -0.3 is 5.32 Å². The zero-order valence-corrected chi connectivity index (χ0v) is 9.29. The molecule has 2 heterocycles. The molecule has 0 bridgehead atoms. The lowest BCUT2D eigenvalue weighted by atomic mass is 9.82. The molecule has 0 spiro atoms. The van der Waals surface area contributed by atoms with Gasteiger partial charge in [0, 0.05) is 31.6 Å². The Morgan fingerprint density at radius 2 is 2.53 bits per heavy atom. The average molecular weight is 207 g/mol. The number of Topliss-reactive ketones (excluding diaryl/α,β-unsaturated/α-hetero) is 1. The van der Waals surface area contributed by atoms with Gasteiger partial charge >= 0.3 is 0 Å². The second-order valence-electron chi connectivity index (χ2n) is 4.61. The van der Waals surface area contributed by atoms with Crippen molar-refractivity contribution in [2.45, 2.75) is 19.8 Å². The predicted molar refractivity (Wildman–Crippen MR) is 57.5 cm³/mol. The van der Waals surface area contributed by atoms with Crippen molar-refractivity contribution in [1.29, 1.82) is 0 Å². The van der Waals surface area contributed by atoms with Crippen molar-refractivity contribution in [1.82, 2.24) is 15.1 Å². The summed E-state index contributed by atoms with van der Waals surface area (Å²) in [6.07, 6.45) is 5.13. The molecule has 1 aliphatic heterocycles. The number of hydrogen-bond acceptors (Lipinski definition) is 3. The Kier molecular flexibility index (Phi) is 2.61. The summed E-state index contributed by atoms with van der Waals surface area (Å²) >= 11 is 0. The Bertz CT molecular complexity index is 364. The number of aromatic nitrogens is 2. The molecule has 1 unspecified atom stereocenters. The van der Waals surface area contributed by atoms with Crippen molar-refractivity contribution < 1.29 is 4.79 Å². The normalized spacial score (nSPS) is 25.7. The van der Waals surface area contributed by atoms with Crippen LogP contribution in [0.4, 0.5) is 0 Å². The largest absolute Gasteiger partial charge is 0.316 e. The van der Waals surface area contributed by atoms with Crippen LogP contribution >= 0.6 is 0 Å². The molecule has 1 N–H and O–H groups in total. The number of nitrogens with zero attached hydrogens (tertiary/aromatic N) is 2. The maximum Gasteiger partial charge on any atom is 0.144 e. The Labute approximate surface area is 89.7 Å². The molecule has 0 amide bonds. The predicted octanol–water partition coefficient (Wildman–Crippen LogP) is 0.531. The Balaban J connectivity index is 2.03. The van der Waals surface area contributed by atoms with Crippen LogP contribution in [0.1, 0.15) is 18.9 Å². The van der Waals surface area contributed by atoms with Crippen molar-refractivity contribution in [2.24, 2.45) is 12.5 Å². The highest BCUT2D eigenvalue weighted by molar-refractivity contribution is 5.86. The lowest BCUT2D eigenvalue weighted by Gasteiger charge is -2.20. The van der Waals surface area contributed by atoms with Gasteiger partial charge in [-0.25, -0.2) is 0 Å². The van der Waals surface area contributed by atoms with Crippen molar-refractivity contribution in [2.75, 3.05) is 13.1 Å². The Hall–Kier alpha value is -1.16. The van der Waals surface area contributed by atoms with E-state index < -0.39 is 0 Å². The summed E-state index contributed by atoms with van der Waals surface area (Å²) in [7, 11) is 1.87. The fraction of sp³-hybridized carbons (Fsp3) is 0.636. The van der Waals surface area contributed by atoms with E-state index in [2.05, 4.69) is 10.4 Å². The molecule has 4 heteroatoms. The monoisotopic (exact) mass is 207 g/mol. The molecule has 0 aromatic carbocycles. The van der Waals surface area contributed by atoms with Gasteiger partial charge in [-0.15, -0.1) is 0 Å². The van der Waals surface area contributed by atoms with Crippen LogP contribution in [0.3, 0.4) is 0 Å². The average Bonchev–Trinajstić information content (AvgIpc) is 2.76. The molecule has 2 rings (SSSR count). The van der Waals surface area contributed by atoms with Gasteiger partial charge in [-0.3, -0.25) is 9.48 Å². The molecule has 1 atom stereocenters. The summed E-state index contributed by atoms with van der Waals surface area (Å²) in [5, 5.41) is 7.31. The van der Waals surface area contributed by atoms with Crippen molar-refractivity contribution in [3.8, 4) is 0 Å². The van der Waals surface area contributed by atoms with Crippen molar-refractivity contribution >= 4 is 5.78 Å². The molecule has 0 radical (unpaired) electrons. The first-order valence-electron chi connectivity index (χ1n) is 5.32. The van der Waals surface area contributed by atoms with E-state index in [9.17, 15) is 4.79 Å².